The molecule has 0 aromatic carbocycles. The molecular formula is C27H54O4Si. The van der Waals surface area contributed by atoms with Crippen LogP contribution in [0.25, 0.3) is 0 Å². The van der Waals surface area contributed by atoms with Crippen molar-refractivity contribution >= 4 is 20.1 Å². The van der Waals surface area contributed by atoms with Crippen molar-refractivity contribution in [3.05, 3.63) is 0 Å². The van der Waals surface area contributed by atoms with Crippen molar-refractivity contribution in [2.75, 3.05) is 6.61 Å². The van der Waals surface area contributed by atoms with Gasteiger partial charge in [0.05, 0.1) is 12.7 Å². The lowest BCUT2D eigenvalue weighted by Gasteiger charge is -2.27. The van der Waals surface area contributed by atoms with Crippen LogP contribution < -0.4 is 0 Å². The van der Waals surface area contributed by atoms with Crippen LogP contribution in [-0.4, -0.2) is 32.8 Å². The summed E-state index contributed by atoms with van der Waals surface area (Å²) in [5.74, 6) is -0.953. The summed E-state index contributed by atoms with van der Waals surface area (Å²) in [6.07, 6.45) is 17.6. The molecule has 5 heteroatoms. The quantitative estimate of drug-likeness (QED) is 0.0691. The summed E-state index contributed by atoms with van der Waals surface area (Å²) in [4.78, 5) is 25.6. The number of rotatable bonds is 22. The molecule has 0 amide bonds. The standard InChI is InChI=1S/C27H54O4Si/c1-7-10-12-14-15-16-17-18-19-21-24(31-32(4,5)6)23-26(28)25(27(29)30-9-3)22-20-13-11-8-2/h24-25H,7-23H2,1-6H3. The molecule has 0 saturated heterocycles. The van der Waals surface area contributed by atoms with E-state index in [1.54, 1.807) is 6.92 Å². The lowest BCUT2D eigenvalue weighted by atomic mass is 9.92. The molecule has 0 bridgehead atoms. The van der Waals surface area contributed by atoms with Crippen LogP contribution in [-0.2, 0) is 18.8 Å². The Morgan fingerprint density at radius 3 is 1.66 bits per heavy atom. The molecule has 2 unspecified atom stereocenters. The first-order valence-corrected chi connectivity index (χ1v) is 17.0. The highest BCUT2D eigenvalue weighted by molar-refractivity contribution is 6.69. The maximum Gasteiger partial charge on any atom is 0.316 e. The molecule has 0 radical (unpaired) electrons. The van der Waals surface area contributed by atoms with Gasteiger partial charge in [0.15, 0.2) is 8.32 Å². The number of ketones is 1. The van der Waals surface area contributed by atoms with Crippen LogP contribution in [0.1, 0.15) is 124 Å². The Hall–Kier alpha value is -0.683. The van der Waals surface area contributed by atoms with E-state index in [0.29, 0.717) is 19.4 Å². The summed E-state index contributed by atoms with van der Waals surface area (Å²) in [6, 6.07) is 0. The third kappa shape index (κ3) is 17.8. The van der Waals surface area contributed by atoms with Gasteiger partial charge in [0, 0.05) is 6.42 Å². The van der Waals surface area contributed by atoms with Gasteiger partial charge >= 0.3 is 5.97 Å². The first-order valence-electron chi connectivity index (χ1n) is 13.6. The lowest BCUT2D eigenvalue weighted by molar-refractivity contribution is -0.152. The summed E-state index contributed by atoms with van der Waals surface area (Å²) < 4.78 is 11.6. The molecule has 0 saturated carbocycles. The molecule has 0 rings (SSSR count). The predicted octanol–water partition coefficient (Wildman–Crippen LogP) is 8.24. The van der Waals surface area contributed by atoms with Gasteiger partial charge in [-0.05, 0) is 39.4 Å². The summed E-state index contributed by atoms with van der Waals surface area (Å²) in [7, 11) is -1.76. The summed E-state index contributed by atoms with van der Waals surface area (Å²) >= 11 is 0. The zero-order chi connectivity index (χ0) is 24.2. The van der Waals surface area contributed by atoms with Crippen LogP contribution in [0.15, 0.2) is 0 Å². The predicted molar refractivity (Wildman–Crippen MR) is 139 cm³/mol. The average molecular weight is 471 g/mol. The smallest absolute Gasteiger partial charge is 0.316 e. The molecule has 0 aliphatic carbocycles. The Balaban J connectivity index is 4.65. The van der Waals surface area contributed by atoms with Gasteiger partial charge in [-0.25, -0.2) is 0 Å². The van der Waals surface area contributed by atoms with Crippen LogP contribution in [0.4, 0.5) is 0 Å². The fourth-order valence-corrected chi connectivity index (χ4v) is 5.38. The molecular weight excluding hydrogens is 416 g/mol. The number of hydrogen-bond donors (Lipinski definition) is 0. The Kier molecular flexibility index (Phi) is 19.3. The molecule has 4 nitrogen and oxygen atoms in total. The maximum absolute atomic E-state index is 13.1. The topological polar surface area (TPSA) is 52.6 Å². The lowest BCUT2D eigenvalue weighted by Crippen LogP contribution is -2.36. The Morgan fingerprint density at radius 1 is 0.688 bits per heavy atom. The maximum atomic E-state index is 13.1. The second-order valence-corrected chi connectivity index (χ2v) is 14.8. The van der Waals surface area contributed by atoms with Gasteiger partial charge < -0.3 is 9.16 Å². The fraction of sp³-hybridized carbons (Fsp3) is 0.926. The first kappa shape index (κ1) is 31.3. The average Bonchev–Trinajstić information content (AvgIpc) is 2.71. The molecule has 32 heavy (non-hydrogen) atoms. The van der Waals surface area contributed by atoms with E-state index in [9.17, 15) is 9.59 Å². The van der Waals surface area contributed by atoms with Gasteiger partial charge in [0.25, 0.3) is 0 Å². The number of unbranched alkanes of at least 4 members (excludes halogenated alkanes) is 11. The van der Waals surface area contributed by atoms with E-state index >= 15 is 0 Å². The third-order valence-electron chi connectivity index (χ3n) is 5.88. The Bertz CT molecular complexity index is 473. The third-order valence-corrected chi connectivity index (χ3v) is 6.93. The highest BCUT2D eigenvalue weighted by Gasteiger charge is 2.31. The monoisotopic (exact) mass is 470 g/mol. The van der Waals surface area contributed by atoms with E-state index in [4.69, 9.17) is 9.16 Å². The van der Waals surface area contributed by atoms with E-state index < -0.39 is 14.2 Å². The van der Waals surface area contributed by atoms with E-state index in [2.05, 4.69) is 33.5 Å². The Morgan fingerprint density at radius 2 is 1.16 bits per heavy atom. The molecule has 2 atom stereocenters. The second kappa shape index (κ2) is 19.8. The summed E-state index contributed by atoms with van der Waals surface area (Å²) in [5.41, 5.74) is 0. The van der Waals surface area contributed by atoms with Crippen molar-refractivity contribution in [1.82, 2.24) is 0 Å². The first-order chi connectivity index (χ1) is 15.2. The minimum absolute atomic E-state index is 0.0131. The summed E-state index contributed by atoms with van der Waals surface area (Å²) in [5, 5.41) is 0. The van der Waals surface area contributed by atoms with Crippen LogP contribution in [0.2, 0.25) is 19.6 Å². The van der Waals surface area contributed by atoms with Gasteiger partial charge in [-0.15, -0.1) is 0 Å². The van der Waals surface area contributed by atoms with Gasteiger partial charge in [-0.1, -0.05) is 97.3 Å². The van der Waals surface area contributed by atoms with Crippen molar-refractivity contribution in [1.29, 1.82) is 0 Å². The van der Waals surface area contributed by atoms with Gasteiger partial charge in [-0.2, -0.15) is 0 Å². The number of Topliss-reactive ketones (excluding diaryl/α,β-unsaturated/α-hetero) is 1. The molecule has 0 aromatic heterocycles. The molecule has 0 fully saturated rings. The SMILES string of the molecule is CCCCCCCCCCCC(CC(=O)C(CCCCCC)C(=O)OCC)O[Si](C)(C)C. The number of carbonyl (C=O) groups is 2. The van der Waals surface area contributed by atoms with Crippen LogP contribution >= 0.6 is 0 Å². The zero-order valence-electron chi connectivity index (χ0n) is 22.3. The van der Waals surface area contributed by atoms with Crippen LogP contribution in [0.3, 0.4) is 0 Å². The molecule has 0 spiro atoms. The fourth-order valence-electron chi connectivity index (χ4n) is 4.18. The molecule has 0 aliphatic heterocycles. The number of carbonyl (C=O) groups excluding carboxylic acids is 2. The normalized spacial score (nSPS) is 13.7. The minimum Gasteiger partial charge on any atom is -0.465 e. The molecule has 0 N–H and O–H groups in total. The van der Waals surface area contributed by atoms with Crippen molar-refractivity contribution < 1.29 is 18.8 Å². The van der Waals surface area contributed by atoms with E-state index in [1.807, 2.05) is 0 Å². The minimum atomic E-state index is -1.76. The molecule has 190 valence electrons. The van der Waals surface area contributed by atoms with Crippen molar-refractivity contribution in [3.8, 4) is 0 Å². The van der Waals surface area contributed by atoms with Gasteiger partial charge in [-0.3, -0.25) is 9.59 Å². The van der Waals surface area contributed by atoms with E-state index in [1.165, 1.54) is 51.4 Å². The molecule has 0 aliphatic rings. The van der Waals surface area contributed by atoms with E-state index in [-0.39, 0.29) is 17.9 Å². The zero-order valence-corrected chi connectivity index (χ0v) is 23.3. The van der Waals surface area contributed by atoms with Gasteiger partial charge in [0.2, 0.25) is 0 Å². The van der Waals surface area contributed by atoms with Crippen molar-refractivity contribution in [3.63, 3.8) is 0 Å². The number of hydrogen-bond acceptors (Lipinski definition) is 4. The van der Waals surface area contributed by atoms with Crippen LogP contribution in [0, 0.1) is 5.92 Å². The highest BCUT2D eigenvalue weighted by atomic mass is 28.4. The second-order valence-electron chi connectivity index (χ2n) is 10.3. The molecule has 0 aromatic rings. The Labute approximate surface area is 200 Å². The summed E-state index contributed by atoms with van der Waals surface area (Å²) in [6.45, 7) is 13.1. The van der Waals surface area contributed by atoms with Gasteiger partial charge in [0.1, 0.15) is 11.7 Å². The number of esters is 1. The highest BCUT2D eigenvalue weighted by Crippen LogP contribution is 2.22. The largest absolute Gasteiger partial charge is 0.465 e. The van der Waals surface area contributed by atoms with Crippen molar-refractivity contribution in [2.24, 2.45) is 5.92 Å². The number of ether oxygens (including phenoxy) is 1. The van der Waals surface area contributed by atoms with E-state index in [0.717, 1.165) is 38.5 Å². The van der Waals surface area contributed by atoms with Crippen molar-refractivity contribution in [2.45, 2.75) is 149 Å². The van der Waals surface area contributed by atoms with Crippen LogP contribution in [0.5, 0.6) is 0 Å². The molecule has 0 heterocycles.